The first-order valence-corrected chi connectivity index (χ1v) is 5.95. The molecule has 0 aliphatic carbocycles. The molecular formula is C15H12FN3O. The van der Waals surface area contributed by atoms with Crippen molar-refractivity contribution in [3.05, 3.63) is 65.7 Å². The van der Waals surface area contributed by atoms with E-state index in [0.717, 1.165) is 0 Å². The quantitative estimate of drug-likeness (QED) is 0.860. The predicted octanol–water partition coefficient (Wildman–Crippen LogP) is 2.56. The van der Waals surface area contributed by atoms with Crippen LogP contribution in [0.2, 0.25) is 0 Å². The molecule has 4 nitrogen and oxygen atoms in total. The van der Waals surface area contributed by atoms with Crippen LogP contribution >= 0.6 is 0 Å². The van der Waals surface area contributed by atoms with Gasteiger partial charge in [0.2, 0.25) is 0 Å². The Labute approximate surface area is 116 Å². The maximum absolute atomic E-state index is 12.9. The monoisotopic (exact) mass is 269 g/mol. The molecule has 0 saturated carbocycles. The number of carbonyl (C=O) groups is 1. The number of aromatic nitrogens is 1. The Hall–Kier alpha value is -2.74. The number of carbonyl (C=O) groups excluding carboxylic acids is 1. The van der Waals surface area contributed by atoms with Gasteiger partial charge in [-0.2, -0.15) is 5.26 Å². The maximum atomic E-state index is 12.9. The standard InChI is InChI=1S/C15H12FN3O/c1-19(14(9-17)12-3-2-8-18-10-12)15(20)11-4-6-13(16)7-5-11/h2-8,10,14H,1H3. The third-order valence-electron chi connectivity index (χ3n) is 2.92. The molecule has 0 radical (unpaired) electrons. The number of nitrogens with zero attached hydrogens (tertiary/aromatic N) is 3. The molecule has 0 spiro atoms. The molecule has 0 bridgehead atoms. The number of amides is 1. The number of halogens is 1. The summed E-state index contributed by atoms with van der Waals surface area (Å²) in [5.74, 6) is -0.756. The molecule has 1 heterocycles. The zero-order chi connectivity index (χ0) is 14.5. The Morgan fingerprint density at radius 2 is 2.05 bits per heavy atom. The number of hydrogen-bond acceptors (Lipinski definition) is 3. The lowest BCUT2D eigenvalue weighted by Gasteiger charge is -2.22. The first-order valence-electron chi connectivity index (χ1n) is 5.95. The van der Waals surface area contributed by atoms with E-state index in [1.165, 1.54) is 36.2 Å². The summed E-state index contributed by atoms with van der Waals surface area (Å²) in [7, 11) is 1.53. The second kappa shape index (κ2) is 5.93. The zero-order valence-electron chi connectivity index (χ0n) is 10.8. The van der Waals surface area contributed by atoms with Crippen molar-refractivity contribution in [2.24, 2.45) is 0 Å². The number of pyridine rings is 1. The highest BCUT2D eigenvalue weighted by Gasteiger charge is 2.22. The summed E-state index contributed by atoms with van der Waals surface area (Å²) in [5, 5.41) is 9.26. The molecule has 1 aromatic heterocycles. The minimum atomic E-state index is -0.735. The zero-order valence-corrected chi connectivity index (χ0v) is 10.8. The Balaban J connectivity index is 2.25. The molecule has 0 saturated heterocycles. The number of rotatable bonds is 3. The van der Waals surface area contributed by atoms with Crippen molar-refractivity contribution in [3.8, 4) is 6.07 Å². The van der Waals surface area contributed by atoms with Gasteiger partial charge in [-0.15, -0.1) is 0 Å². The Morgan fingerprint density at radius 3 is 2.60 bits per heavy atom. The second-order valence-corrected chi connectivity index (χ2v) is 4.24. The fourth-order valence-corrected chi connectivity index (χ4v) is 1.84. The molecule has 5 heteroatoms. The van der Waals surface area contributed by atoms with Gasteiger partial charge in [0.25, 0.3) is 5.91 Å². The highest BCUT2D eigenvalue weighted by Crippen LogP contribution is 2.19. The van der Waals surface area contributed by atoms with Gasteiger partial charge in [0.15, 0.2) is 0 Å². The molecule has 1 aromatic carbocycles. The molecule has 1 atom stereocenters. The van der Waals surface area contributed by atoms with Crippen LogP contribution in [0.3, 0.4) is 0 Å². The van der Waals surface area contributed by atoms with Crippen LogP contribution in [0.4, 0.5) is 4.39 Å². The van der Waals surface area contributed by atoms with E-state index in [4.69, 9.17) is 0 Å². The lowest BCUT2D eigenvalue weighted by molar-refractivity contribution is 0.0763. The average Bonchev–Trinajstić information content (AvgIpc) is 2.49. The minimum absolute atomic E-state index is 0.332. The Kier molecular flexibility index (Phi) is 4.06. The van der Waals surface area contributed by atoms with Crippen molar-refractivity contribution in [1.29, 1.82) is 5.26 Å². The highest BCUT2D eigenvalue weighted by molar-refractivity contribution is 5.94. The van der Waals surface area contributed by atoms with Crippen LogP contribution in [-0.2, 0) is 0 Å². The van der Waals surface area contributed by atoms with E-state index in [9.17, 15) is 14.4 Å². The lowest BCUT2D eigenvalue weighted by Crippen LogP contribution is -2.30. The van der Waals surface area contributed by atoms with E-state index in [1.807, 2.05) is 0 Å². The van der Waals surface area contributed by atoms with E-state index in [0.29, 0.717) is 11.1 Å². The second-order valence-electron chi connectivity index (χ2n) is 4.24. The van der Waals surface area contributed by atoms with Crippen LogP contribution in [0, 0.1) is 17.1 Å². The van der Waals surface area contributed by atoms with Gasteiger partial charge in [0.05, 0.1) is 6.07 Å². The van der Waals surface area contributed by atoms with Gasteiger partial charge in [-0.3, -0.25) is 9.78 Å². The van der Waals surface area contributed by atoms with E-state index in [-0.39, 0.29) is 5.91 Å². The largest absolute Gasteiger partial charge is 0.322 e. The first kappa shape index (κ1) is 13.7. The van der Waals surface area contributed by atoms with Gasteiger partial charge in [0.1, 0.15) is 11.9 Å². The van der Waals surface area contributed by atoms with E-state index in [1.54, 1.807) is 24.5 Å². The molecule has 0 fully saturated rings. The Bertz CT molecular complexity index is 634. The van der Waals surface area contributed by atoms with Crippen LogP contribution in [0.15, 0.2) is 48.8 Å². The van der Waals surface area contributed by atoms with E-state index >= 15 is 0 Å². The lowest BCUT2D eigenvalue weighted by atomic mass is 10.1. The number of hydrogen-bond donors (Lipinski definition) is 0. The summed E-state index contributed by atoms with van der Waals surface area (Å²) in [4.78, 5) is 17.5. The van der Waals surface area contributed by atoms with Crippen molar-refractivity contribution >= 4 is 5.91 Å². The van der Waals surface area contributed by atoms with Crippen molar-refractivity contribution < 1.29 is 9.18 Å². The third kappa shape index (κ3) is 2.81. The number of nitriles is 1. The molecule has 2 rings (SSSR count). The Morgan fingerprint density at radius 1 is 1.35 bits per heavy atom. The normalized spacial score (nSPS) is 11.4. The third-order valence-corrected chi connectivity index (χ3v) is 2.92. The van der Waals surface area contributed by atoms with Gasteiger partial charge in [-0.25, -0.2) is 4.39 Å². The van der Waals surface area contributed by atoms with Crippen molar-refractivity contribution in [2.75, 3.05) is 7.05 Å². The summed E-state index contributed by atoms with van der Waals surface area (Å²) < 4.78 is 12.9. The first-order chi connectivity index (χ1) is 9.63. The van der Waals surface area contributed by atoms with E-state index in [2.05, 4.69) is 11.1 Å². The summed E-state index contributed by atoms with van der Waals surface area (Å²) in [6, 6.07) is 9.99. The van der Waals surface area contributed by atoms with Gasteiger partial charge >= 0.3 is 0 Å². The highest BCUT2D eigenvalue weighted by atomic mass is 19.1. The molecule has 1 unspecified atom stereocenters. The molecule has 0 N–H and O–H groups in total. The smallest absolute Gasteiger partial charge is 0.254 e. The molecule has 2 aromatic rings. The number of benzene rings is 1. The predicted molar refractivity (Wildman–Crippen MR) is 71.1 cm³/mol. The molecule has 100 valence electrons. The SMILES string of the molecule is CN(C(=O)c1ccc(F)cc1)C(C#N)c1cccnc1. The van der Waals surface area contributed by atoms with Crippen LogP contribution in [0.25, 0.3) is 0 Å². The molecular weight excluding hydrogens is 257 g/mol. The van der Waals surface area contributed by atoms with Crippen LogP contribution in [0.1, 0.15) is 22.0 Å². The average molecular weight is 269 g/mol. The van der Waals surface area contributed by atoms with Crippen LogP contribution in [0.5, 0.6) is 0 Å². The molecule has 20 heavy (non-hydrogen) atoms. The van der Waals surface area contributed by atoms with Gasteiger partial charge in [-0.1, -0.05) is 6.07 Å². The summed E-state index contributed by atoms with van der Waals surface area (Å²) >= 11 is 0. The molecule has 0 aliphatic heterocycles. The van der Waals surface area contributed by atoms with Crippen LogP contribution in [-0.4, -0.2) is 22.8 Å². The fourth-order valence-electron chi connectivity index (χ4n) is 1.84. The fraction of sp³-hybridized carbons (Fsp3) is 0.133. The summed E-state index contributed by atoms with van der Waals surface area (Å²) in [5.41, 5.74) is 0.964. The summed E-state index contributed by atoms with van der Waals surface area (Å²) in [6.45, 7) is 0. The summed E-state index contributed by atoms with van der Waals surface area (Å²) in [6.07, 6.45) is 3.14. The van der Waals surface area contributed by atoms with Crippen molar-refractivity contribution in [2.45, 2.75) is 6.04 Å². The van der Waals surface area contributed by atoms with Crippen molar-refractivity contribution in [1.82, 2.24) is 9.88 Å². The maximum Gasteiger partial charge on any atom is 0.254 e. The van der Waals surface area contributed by atoms with Gasteiger partial charge in [-0.05, 0) is 30.3 Å². The van der Waals surface area contributed by atoms with Gasteiger partial charge < -0.3 is 4.90 Å². The van der Waals surface area contributed by atoms with E-state index < -0.39 is 11.9 Å². The van der Waals surface area contributed by atoms with Gasteiger partial charge in [0, 0.05) is 30.6 Å². The van der Waals surface area contributed by atoms with Crippen molar-refractivity contribution in [3.63, 3.8) is 0 Å². The van der Waals surface area contributed by atoms with Crippen LogP contribution < -0.4 is 0 Å². The minimum Gasteiger partial charge on any atom is -0.322 e. The topological polar surface area (TPSA) is 57.0 Å². The molecule has 1 amide bonds. The molecule has 0 aliphatic rings.